The minimum atomic E-state index is 0.104. The Kier molecular flexibility index (Phi) is 4.88. The minimum absolute atomic E-state index is 0.104. The first-order valence-electron chi connectivity index (χ1n) is 5.84. The highest BCUT2D eigenvalue weighted by atomic mass is 16.2. The van der Waals surface area contributed by atoms with Crippen molar-refractivity contribution >= 4 is 6.03 Å². The molecule has 0 spiro atoms. The first kappa shape index (κ1) is 12.3. The van der Waals surface area contributed by atoms with Crippen molar-refractivity contribution in [2.75, 3.05) is 33.7 Å². The van der Waals surface area contributed by atoms with Gasteiger partial charge in [-0.3, -0.25) is 0 Å². The second-order valence-corrected chi connectivity index (χ2v) is 4.44. The molecule has 1 heterocycles. The van der Waals surface area contributed by atoms with Gasteiger partial charge in [-0.2, -0.15) is 0 Å². The van der Waals surface area contributed by atoms with Crippen molar-refractivity contribution in [3.05, 3.63) is 0 Å². The third kappa shape index (κ3) is 3.70. The smallest absolute Gasteiger partial charge is 0.317 e. The lowest BCUT2D eigenvalue weighted by Crippen LogP contribution is -2.40. The Morgan fingerprint density at radius 3 is 2.80 bits per heavy atom. The topological polar surface area (TPSA) is 35.6 Å². The zero-order valence-corrected chi connectivity index (χ0v) is 10.1. The van der Waals surface area contributed by atoms with Gasteiger partial charge >= 0.3 is 6.03 Å². The molecular formula is C11H23N3O. The monoisotopic (exact) mass is 213 g/mol. The summed E-state index contributed by atoms with van der Waals surface area (Å²) in [6.45, 7) is 4.69. The SMILES string of the molecule is CCCCNC(=O)N1CCC(N(C)C)C1. The molecule has 15 heavy (non-hydrogen) atoms. The molecule has 1 fully saturated rings. The summed E-state index contributed by atoms with van der Waals surface area (Å²) in [5, 5.41) is 2.95. The number of likely N-dealkylation sites (tertiary alicyclic amines) is 1. The molecule has 2 amide bonds. The Morgan fingerprint density at radius 1 is 1.53 bits per heavy atom. The molecule has 1 unspecified atom stereocenters. The van der Waals surface area contributed by atoms with Crippen LogP contribution in [0.1, 0.15) is 26.2 Å². The van der Waals surface area contributed by atoms with Crippen LogP contribution < -0.4 is 5.32 Å². The normalized spacial score (nSPS) is 21.1. The van der Waals surface area contributed by atoms with Crippen LogP contribution in [-0.4, -0.2) is 55.6 Å². The lowest BCUT2D eigenvalue weighted by atomic mass is 10.2. The van der Waals surface area contributed by atoms with Crippen molar-refractivity contribution in [2.24, 2.45) is 0 Å². The summed E-state index contributed by atoms with van der Waals surface area (Å²) in [4.78, 5) is 15.8. The number of hydrogen-bond acceptors (Lipinski definition) is 2. The van der Waals surface area contributed by atoms with Gasteiger partial charge in [0.1, 0.15) is 0 Å². The summed E-state index contributed by atoms with van der Waals surface area (Å²) in [6, 6.07) is 0.634. The van der Waals surface area contributed by atoms with E-state index in [0.717, 1.165) is 38.9 Å². The summed E-state index contributed by atoms with van der Waals surface area (Å²) in [6.07, 6.45) is 3.28. The van der Waals surface area contributed by atoms with Crippen molar-refractivity contribution < 1.29 is 4.79 Å². The average Bonchev–Trinajstić information content (AvgIpc) is 2.66. The lowest BCUT2D eigenvalue weighted by Gasteiger charge is -2.20. The Bertz CT molecular complexity index is 206. The van der Waals surface area contributed by atoms with Crippen LogP contribution in [0.5, 0.6) is 0 Å². The van der Waals surface area contributed by atoms with Crippen LogP contribution >= 0.6 is 0 Å². The van der Waals surface area contributed by atoms with Crippen LogP contribution in [0.15, 0.2) is 0 Å². The zero-order chi connectivity index (χ0) is 11.3. The molecule has 1 aliphatic heterocycles. The van der Waals surface area contributed by atoms with Gasteiger partial charge < -0.3 is 15.1 Å². The molecule has 1 saturated heterocycles. The molecule has 88 valence electrons. The molecule has 4 heteroatoms. The predicted molar refractivity (Wildman–Crippen MR) is 62.0 cm³/mol. The van der Waals surface area contributed by atoms with Gasteiger partial charge in [0.15, 0.2) is 0 Å². The summed E-state index contributed by atoms with van der Waals surface area (Å²) in [5.74, 6) is 0. The highest BCUT2D eigenvalue weighted by Gasteiger charge is 2.26. The number of carbonyl (C=O) groups excluding carboxylic acids is 1. The van der Waals surface area contributed by atoms with Gasteiger partial charge in [-0.1, -0.05) is 13.3 Å². The van der Waals surface area contributed by atoms with Crippen LogP contribution in [0, 0.1) is 0 Å². The van der Waals surface area contributed by atoms with E-state index in [1.54, 1.807) is 0 Å². The van der Waals surface area contributed by atoms with Crippen molar-refractivity contribution in [1.82, 2.24) is 15.1 Å². The van der Waals surface area contributed by atoms with Crippen LogP contribution in [0.3, 0.4) is 0 Å². The number of hydrogen-bond donors (Lipinski definition) is 1. The third-order valence-corrected chi connectivity index (χ3v) is 2.99. The Balaban J connectivity index is 2.24. The molecule has 1 rings (SSSR count). The summed E-state index contributed by atoms with van der Waals surface area (Å²) >= 11 is 0. The van der Waals surface area contributed by atoms with Gasteiger partial charge in [-0.15, -0.1) is 0 Å². The van der Waals surface area contributed by atoms with E-state index in [1.807, 2.05) is 4.90 Å². The van der Waals surface area contributed by atoms with Crippen molar-refractivity contribution in [2.45, 2.75) is 32.2 Å². The van der Waals surface area contributed by atoms with Gasteiger partial charge in [-0.25, -0.2) is 4.79 Å². The number of amides is 2. The molecule has 1 N–H and O–H groups in total. The van der Waals surface area contributed by atoms with Crippen LogP contribution in [0.25, 0.3) is 0 Å². The summed E-state index contributed by atoms with van der Waals surface area (Å²) in [5.41, 5.74) is 0. The Morgan fingerprint density at radius 2 is 2.27 bits per heavy atom. The fraction of sp³-hybridized carbons (Fsp3) is 0.909. The Labute approximate surface area is 92.6 Å². The number of unbranched alkanes of at least 4 members (excludes halogenated alkanes) is 1. The molecule has 0 aliphatic carbocycles. The van der Waals surface area contributed by atoms with E-state index in [4.69, 9.17) is 0 Å². The number of urea groups is 1. The van der Waals surface area contributed by atoms with Crippen LogP contribution in [-0.2, 0) is 0 Å². The van der Waals surface area contributed by atoms with E-state index < -0.39 is 0 Å². The number of carbonyl (C=O) groups is 1. The zero-order valence-electron chi connectivity index (χ0n) is 10.1. The predicted octanol–water partition coefficient (Wildman–Crippen LogP) is 1.13. The van der Waals surface area contributed by atoms with E-state index in [2.05, 4.69) is 31.2 Å². The standard InChI is InChI=1S/C11H23N3O/c1-4-5-7-12-11(15)14-8-6-10(9-14)13(2)3/h10H,4-9H2,1-3H3,(H,12,15). The second kappa shape index (κ2) is 5.95. The highest BCUT2D eigenvalue weighted by Crippen LogP contribution is 2.12. The van der Waals surface area contributed by atoms with Gasteiger partial charge in [0.2, 0.25) is 0 Å². The number of nitrogens with zero attached hydrogens (tertiary/aromatic N) is 2. The van der Waals surface area contributed by atoms with E-state index in [0.29, 0.717) is 6.04 Å². The second-order valence-electron chi connectivity index (χ2n) is 4.44. The van der Waals surface area contributed by atoms with Crippen LogP contribution in [0.4, 0.5) is 4.79 Å². The van der Waals surface area contributed by atoms with Crippen molar-refractivity contribution in [1.29, 1.82) is 0 Å². The molecule has 0 aromatic carbocycles. The maximum absolute atomic E-state index is 11.7. The Hall–Kier alpha value is -0.770. The molecule has 1 atom stereocenters. The minimum Gasteiger partial charge on any atom is -0.338 e. The molecule has 0 aromatic heterocycles. The first-order chi connectivity index (χ1) is 7.15. The van der Waals surface area contributed by atoms with Crippen molar-refractivity contribution in [3.8, 4) is 0 Å². The number of nitrogens with one attached hydrogen (secondary N) is 1. The first-order valence-corrected chi connectivity index (χ1v) is 5.84. The van der Waals surface area contributed by atoms with Gasteiger partial charge in [0.25, 0.3) is 0 Å². The maximum atomic E-state index is 11.7. The number of rotatable bonds is 4. The molecule has 0 aromatic rings. The van der Waals surface area contributed by atoms with E-state index >= 15 is 0 Å². The fourth-order valence-corrected chi connectivity index (χ4v) is 1.83. The van der Waals surface area contributed by atoms with E-state index in [-0.39, 0.29) is 6.03 Å². The quantitative estimate of drug-likeness (QED) is 0.711. The average molecular weight is 213 g/mol. The van der Waals surface area contributed by atoms with Crippen LogP contribution in [0.2, 0.25) is 0 Å². The third-order valence-electron chi connectivity index (χ3n) is 2.99. The summed E-state index contributed by atoms with van der Waals surface area (Å²) in [7, 11) is 4.15. The van der Waals surface area contributed by atoms with Crippen molar-refractivity contribution in [3.63, 3.8) is 0 Å². The molecule has 4 nitrogen and oxygen atoms in total. The van der Waals surface area contributed by atoms with Gasteiger partial charge in [0, 0.05) is 25.7 Å². The maximum Gasteiger partial charge on any atom is 0.317 e. The fourth-order valence-electron chi connectivity index (χ4n) is 1.83. The summed E-state index contributed by atoms with van der Waals surface area (Å²) < 4.78 is 0. The lowest BCUT2D eigenvalue weighted by molar-refractivity contribution is 0.203. The molecule has 0 bridgehead atoms. The molecule has 0 radical (unpaired) electrons. The van der Waals surface area contributed by atoms with E-state index in [1.165, 1.54) is 0 Å². The molecule has 0 saturated carbocycles. The molecular weight excluding hydrogens is 190 g/mol. The largest absolute Gasteiger partial charge is 0.338 e. The van der Waals surface area contributed by atoms with E-state index in [9.17, 15) is 4.79 Å². The number of likely N-dealkylation sites (N-methyl/N-ethyl adjacent to an activating group) is 1. The highest BCUT2D eigenvalue weighted by molar-refractivity contribution is 5.74. The van der Waals surface area contributed by atoms with Gasteiger partial charge in [-0.05, 0) is 26.9 Å². The molecule has 1 aliphatic rings. The van der Waals surface area contributed by atoms with Gasteiger partial charge in [0.05, 0.1) is 0 Å².